The normalized spacial score (nSPS) is 11.4. The molecule has 0 radical (unpaired) electrons. The van der Waals surface area contributed by atoms with Crippen LogP contribution in [-0.2, 0) is 9.59 Å². The van der Waals surface area contributed by atoms with E-state index >= 15 is 0 Å². The maximum Gasteiger partial charge on any atom is 0.328 e. The van der Waals surface area contributed by atoms with Crippen LogP contribution in [0.2, 0.25) is 0 Å². The quantitative estimate of drug-likeness (QED) is 0.279. The molecule has 0 aliphatic rings. The Bertz CT molecular complexity index is 377. The molecule has 0 saturated heterocycles. The molecule has 0 spiro atoms. The minimum absolute atomic E-state index is 0.895. The Hall–Kier alpha value is -2.10. The second kappa shape index (κ2) is 20.9. The van der Waals surface area contributed by atoms with E-state index in [4.69, 9.17) is 10.2 Å². The number of hydrogen-bond acceptors (Lipinski definition) is 2. The van der Waals surface area contributed by atoms with E-state index in [1.54, 1.807) is 24.3 Å². The fourth-order valence-corrected chi connectivity index (χ4v) is 1.65. The van der Waals surface area contributed by atoms with Crippen LogP contribution in [0, 0.1) is 0 Å². The smallest absolute Gasteiger partial charge is 0.328 e. The Balaban J connectivity index is 0. The number of allylic oxidation sites excluding steroid dienone is 6. The van der Waals surface area contributed by atoms with Crippen LogP contribution < -0.4 is 0 Å². The monoisotopic (exact) mass is 336 g/mol. The first-order valence-electron chi connectivity index (χ1n) is 8.66. The van der Waals surface area contributed by atoms with Crippen molar-refractivity contribution in [2.45, 2.75) is 65.2 Å². The van der Waals surface area contributed by atoms with Gasteiger partial charge in [-0.2, -0.15) is 0 Å². The minimum Gasteiger partial charge on any atom is -0.478 e. The van der Waals surface area contributed by atoms with Crippen molar-refractivity contribution in [3.8, 4) is 0 Å². The molecule has 0 aliphatic heterocycles. The molecule has 2 N–H and O–H groups in total. The highest BCUT2D eigenvalue weighted by atomic mass is 16.4. The van der Waals surface area contributed by atoms with Gasteiger partial charge in [0.05, 0.1) is 0 Å². The average molecular weight is 336 g/mol. The van der Waals surface area contributed by atoms with Gasteiger partial charge >= 0.3 is 11.9 Å². The Morgan fingerprint density at radius 3 is 1.33 bits per heavy atom. The number of carbonyl (C=O) groups is 2. The Kier molecular flexibility index (Phi) is 21.0. The lowest BCUT2D eigenvalue weighted by Gasteiger charge is -1.89. The lowest BCUT2D eigenvalue weighted by atomic mass is 10.2. The SMILES string of the molecule is CCCCC/C=C\C=C\C(=O)O.CCCCC/C=C\C=C\C(=O)O. The first-order valence-corrected chi connectivity index (χ1v) is 8.66. The molecule has 0 aliphatic carbocycles. The van der Waals surface area contributed by atoms with E-state index in [2.05, 4.69) is 13.8 Å². The molecule has 0 fully saturated rings. The van der Waals surface area contributed by atoms with Crippen LogP contribution in [-0.4, -0.2) is 22.2 Å². The molecule has 0 atom stereocenters. The molecular formula is C20H32O4. The van der Waals surface area contributed by atoms with Crippen LogP contribution in [0.4, 0.5) is 0 Å². The number of hydrogen-bond donors (Lipinski definition) is 2. The van der Waals surface area contributed by atoms with Crippen molar-refractivity contribution < 1.29 is 19.8 Å². The van der Waals surface area contributed by atoms with E-state index in [1.165, 1.54) is 38.5 Å². The third-order valence-corrected chi connectivity index (χ3v) is 2.92. The van der Waals surface area contributed by atoms with Crippen molar-refractivity contribution in [2.75, 3.05) is 0 Å². The van der Waals surface area contributed by atoms with Crippen LogP contribution >= 0.6 is 0 Å². The summed E-state index contributed by atoms with van der Waals surface area (Å²) >= 11 is 0. The van der Waals surface area contributed by atoms with Gasteiger partial charge in [-0.3, -0.25) is 0 Å². The van der Waals surface area contributed by atoms with Crippen LogP contribution in [0.3, 0.4) is 0 Å². The summed E-state index contributed by atoms with van der Waals surface area (Å²) in [5.41, 5.74) is 0. The van der Waals surface area contributed by atoms with Gasteiger partial charge < -0.3 is 10.2 Å². The minimum atomic E-state index is -0.895. The molecule has 0 rings (SSSR count). The van der Waals surface area contributed by atoms with Crippen molar-refractivity contribution in [3.63, 3.8) is 0 Å². The van der Waals surface area contributed by atoms with Crippen LogP contribution in [0.15, 0.2) is 48.6 Å². The van der Waals surface area contributed by atoms with Gasteiger partial charge in [0, 0.05) is 12.2 Å². The Labute approximate surface area is 146 Å². The second-order valence-electron chi connectivity index (χ2n) is 5.24. The highest BCUT2D eigenvalue weighted by Crippen LogP contribution is 2.00. The third-order valence-electron chi connectivity index (χ3n) is 2.92. The summed E-state index contributed by atoms with van der Waals surface area (Å²) in [5, 5.41) is 16.5. The lowest BCUT2D eigenvalue weighted by molar-refractivity contribution is -0.132. The van der Waals surface area contributed by atoms with Crippen molar-refractivity contribution >= 4 is 11.9 Å². The first kappa shape index (κ1) is 24.2. The molecule has 136 valence electrons. The Morgan fingerprint density at radius 2 is 1.04 bits per heavy atom. The summed E-state index contributed by atoms with van der Waals surface area (Å²) in [6, 6.07) is 0. The van der Waals surface area contributed by atoms with Crippen molar-refractivity contribution in [3.05, 3.63) is 48.6 Å². The van der Waals surface area contributed by atoms with Crippen molar-refractivity contribution in [1.29, 1.82) is 0 Å². The topological polar surface area (TPSA) is 74.6 Å². The number of aliphatic carboxylic acids is 2. The number of unbranched alkanes of at least 4 members (excludes halogenated alkanes) is 6. The van der Waals surface area contributed by atoms with Gasteiger partial charge in [-0.15, -0.1) is 0 Å². The standard InChI is InChI=1S/2C10H16O2/c2*1-2-3-4-5-6-7-8-9-10(11)12/h2*6-9H,2-5H2,1H3,(H,11,12)/b2*7-6-,9-8+. The van der Waals surface area contributed by atoms with Gasteiger partial charge in [-0.1, -0.05) is 76.0 Å². The maximum atomic E-state index is 10.0. The third kappa shape index (κ3) is 28.1. The largest absolute Gasteiger partial charge is 0.478 e. The van der Waals surface area contributed by atoms with Crippen LogP contribution in [0.5, 0.6) is 0 Å². The van der Waals surface area contributed by atoms with Gasteiger partial charge in [0.15, 0.2) is 0 Å². The number of rotatable bonds is 12. The molecular weight excluding hydrogens is 304 g/mol. The molecule has 0 unspecified atom stereocenters. The second-order valence-corrected chi connectivity index (χ2v) is 5.24. The van der Waals surface area contributed by atoms with Crippen LogP contribution in [0.1, 0.15) is 65.2 Å². The molecule has 24 heavy (non-hydrogen) atoms. The molecule has 0 heterocycles. The van der Waals surface area contributed by atoms with E-state index in [9.17, 15) is 9.59 Å². The predicted octanol–water partition coefficient (Wildman–Crippen LogP) is 5.53. The summed E-state index contributed by atoms with van der Waals surface area (Å²) in [6.45, 7) is 4.32. The van der Waals surface area contributed by atoms with E-state index in [-0.39, 0.29) is 0 Å². The van der Waals surface area contributed by atoms with Crippen molar-refractivity contribution in [2.24, 2.45) is 0 Å². The van der Waals surface area contributed by atoms with Gasteiger partial charge in [-0.05, 0) is 25.7 Å². The average Bonchev–Trinajstić information content (AvgIpc) is 2.53. The molecule has 0 saturated carbocycles. The summed E-state index contributed by atoms with van der Waals surface area (Å²) in [5.74, 6) is -1.79. The van der Waals surface area contributed by atoms with Gasteiger partial charge in [0.2, 0.25) is 0 Å². The fraction of sp³-hybridized carbons (Fsp3) is 0.500. The van der Waals surface area contributed by atoms with E-state index in [0.717, 1.165) is 25.0 Å². The van der Waals surface area contributed by atoms with Gasteiger partial charge in [0.25, 0.3) is 0 Å². The Morgan fingerprint density at radius 1 is 0.667 bits per heavy atom. The van der Waals surface area contributed by atoms with E-state index in [0.29, 0.717) is 0 Å². The number of carboxylic acids is 2. The van der Waals surface area contributed by atoms with Crippen LogP contribution in [0.25, 0.3) is 0 Å². The molecule has 0 aromatic rings. The zero-order valence-corrected chi connectivity index (χ0v) is 15.0. The number of carboxylic acid groups (broad SMARTS) is 2. The zero-order valence-electron chi connectivity index (χ0n) is 15.0. The van der Waals surface area contributed by atoms with E-state index in [1.807, 2.05) is 12.2 Å². The van der Waals surface area contributed by atoms with Gasteiger partial charge in [-0.25, -0.2) is 9.59 Å². The predicted molar refractivity (Wildman–Crippen MR) is 100 cm³/mol. The van der Waals surface area contributed by atoms with Gasteiger partial charge in [0.1, 0.15) is 0 Å². The first-order chi connectivity index (χ1) is 11.5. The lowest BCUT2D eigenvalue weighted by Crippen LogP contribution is -1.84. The highest BCUT2D eigenvalue weighted by molar-refractivity contribution is 5.80. The molecule has 4 nitrogen and oxygen atoms in total. The summed E-state index contributed by atoms with van der Waals surface area (Å²) < 4.78 is 0. The molecule has 0 aromatic heterocycles. The van der Waals surface area contributed by atoms with Crippen molar-refractivity contribution in [1.82, 2.24) is 0 Å². The highest BCUT2D eigenvalue weighted by Gasteiger charge is 1.83. The summed E-state index contributed by atoms with van der Waals surface area (Å²) in [6.07, 6.45) is 22.3. The molecule has 0 amide bonds. The summed E-state index contributed by atoms with van der Waals surface area (Å²) in [7, 11) is 0. The fourth-order valence-electron chi connectivity index (χ4n) is 1.65. The van der Waals surface area contributed by atoms with E-state index < -0.39 is 11.9 Å². The molecule has 0 aromatic carbocycles. The zero-order chi connectivity index (χ0) is 18.5. The maximum absolute atomic E-state index is 10.0. The summed E-state index contributed by atoms with van der Waals surface area (Å²) in [4.78, 5) is 20.0. The molecule has 4 heteroatoms. The molecule has 0 bridgehead atoms.